The molecule has 1 heterocycles. The fraction of sp³-hybridized carbons (Fsp3) is 0.429. The molecule has 0 unspecified atom stereocenters. The Bertz CT molecular complexity index is 643. The SMILES string of the molecule is CCn1c(COc2c(C)ccc(C)c2C)n[nH]c1=S. The largest absolute Gasteiger partial charge is 0.485 e. The van der Waals surface area contributed by atoms with Crippen LogP contribution in [-0.2, 0) is 13.2 Å². The average molecular weight is 277 g/mol. The lowest BCUT2D eigenvalue weighted by atomic mass is 10.1. The Morgan fingerprint density at radius 1 is 1.26 bits per heavy atom. The third-order valence-electron chi connectivity index (χ3n) is 3.37. The van der Waals surface area contributed by atoms with E-state index in [0.29, 0.717) is 11.4 Å². The van der Waals surface area contributed by atoms with Crippen molar-refractivity contribution >= 4 is 12.2 Å². The van der Waals surface area contributed by atoms with Crippen molar-refractivity contribution in [2.75, 3.05) is 0 Å². The van der Waals surface area contributed by atoms with E-state index in [4.69, 9.17) is 17.0 Å². The van der Waals surface area contributed by atoms with Gasteiger partial charge in [-0.05, 0) is 56.6 Å². The third kappa shape index (κ3) is 2.71. The monoisotopic (exact) mass is 277 g/mol. The third-order valence-corrected chi connectivity index (χ3v) is 3.68. The van der Waals surface area contributed by atoms with Crippen molar-refractivity contribution in [3.8, 4) is 5.75 Å². The zero-order chi connectivity index (χ0) is 14.0. The second-order valence-electron chi connectivity index (χ2n) is 4.63. The number of aromatic amines is 1. The van der Waals surface area contributed by atoms with Gasteiger partial charge in [0.05, 0.1) is 0 Å². The van der Waals surface area contributed by atoms with E-state index < -0.39 is 0 Å². The Kier molecular flexibility index (Phi) is 4.04. The van der Waals surface area contributed by atoms with E-state index in [1.165, 1.54) is 11.1 Å². The standard InChI is InChI=1S/C14H19N3OS/c1-5-17-12(15-16-14(17)19)8-18-13-10(3)7-6-9(2)11(13)4/h6-7H,5,8H2,1-4H3,(H,16,19). The normalized spacial score (nSPS) is 10.7. The van der Waals surface area contributed by atoms with Gasteiger partial charge in [0, 0.05) is 6.54 Å². The molecular weight excluding hydrogens is 258 g/mol. The van der Waals surface area contributed by atoms with Crippen molar-refractivity contribution < 1.29 is 4.74 Å². The molecule has 0 amide bonds. The number of aromatic nitrogens is 3. The van der Waals surface area contributed by atoms with Gasteiger partial charge in [-0.25, -0.2) is 0 Å². The molecule has 0 aliphatic carbocycles. The molecule has 0 bridgehead atoms. The average Bonchev–Trinajstić information content (AvgIpc) is 2.74. The summed E-state index contributed by atoms with van der Waals surface area (Å²) in [4.78, 5) is 0. The van der Waals surface area contributed by atoms with Crippen LogP contribution in [0.2, 0.25) is 0 Å². The topological polar surface area (TPSA) is 42.8 Å². The van der Waals surface area contributed by atoms with Crippen molar-refractivity contribution in [3.63, 3.8) is 0 Å². The molecule has 1 aromatic carbocycles. The maximum Gasteiger partial charge on any atom is 0.195 e. The van der Waals surface area contributed by atoms with Crippen LogP contribution in [0, 0.1) is 25.5 Å². The van der Waals surface area contributed by atoms with Crippen LogP contribution in [-0.4, -0.2) is 14.8 Å². The number of rotatable bonds is 4. The summed E-state index contributed by atoms with van der Waals surface area (Å²) < 4.78 is 8.52. The van der Waals surface area contributed by atoms with Gasteiger partial charge in [-0.1, -0.05) is 12.1 Å². The van der Waals surface area contributed by atoms with Crippen LogP contribution >= 0.6 is 12.2 Å². The minimum Gasteiger partial charge on any atom is -0.485 e. The minimum absolute atomic E-state index is 0.423. The van der Waals surface area contributed by atoms with Gasteiger partial charge in [0.25, 0.3) is 0 Å². The highest BCUT2D eigenvalue weighted by Gasteiger charge is 2.09. The van der Waals surface area contributed by atoms with Crippen LogP contribution in [0.15, 0.2) is 12.1 Å². The van der Waals surface area contributed by atoms with E-state index in [0.717, 1.165) is 23.7 Å². The number of hydrogen-bond acceptors (Lipinski definition) is 3. The van der Waals surface area contributed by atoms with Gasteiger partial charge in [-0.3, -0.25) is 5.10 Å². The highest BCUT2D eigenvalue weighted by molar-refractivity contribution is 7.71. The molecule has 19 heavy (non-hydrogen) atoms. The molecule has 2 rings (SSSR count). The van der Waals surface area contributed by atoms with E-state index in [1.807, 2.05) is 11.5 Å². The highest BCUT2D eigenvalue weighted by Crippen LogP contribution is 2.26. The number of ether oxygens (including phenoxy) is 1. The Morgan fingerprint density at radius 2 is 1.95 bits per heavy atom. The summed E-state index contributed by atoms with van der Waals surface area (Å²) in [7, 11) is 0. The predicted molar refractivity (Wildman–Crippen MR) is 78.1 cm³/mol. The molecule has 0 radical (unpaired) electrons. The zero-order valence-corrected chi connectivity index (χ0v) is 12.6. The van der Waals surface area contributed by atoms with Gasteiger partial charge in [-0.15, -0.1) is 0 Å². The maximum atomic E-state index is 5.94. The number of nitrogens with one attached hydrogen (secondary N) is 1. The molecule has 0 atom stereocenters. The Balaban J connectivity index is 2.24. The van der Waals surface area contributed by atoms with Gasteiger partial charge in [0.1, 0.15) is 12.4 Å². The first-order valence-electron chi connectivity index (χ1n) is 6.38. The molecule has 5 heteroatoms. The van der Waals surface area contributed by atoms with Crippen molar-refractivity contribution in [2.24, 2.45) is 0 Å². The summed E-state index contributed by atoms with van der Waals surface area (Å²) in [6.45, 7) is 9.47. The lowest BCUT2D eigenvalue weighted by Gasteiger charge is -2.13. The van der Waals surface area contributed by atoms with Gasteiger partial charge >= 0.3 is 0 Å². The molecule has 0 saturated heterocycles. The highest BCUT2D eigenvalue weighted by atomic mass is 32.1. The fourth-order valence-electron chi connectivity index (χ4n) is 2.07. The van der Waals surface area contributed by atoms with Gasteiger partial charge in [-0.2, -0.15) is 5.10 Å². The molecule has 1 N–H and O–H groups in total. The Hall–Kier alpha value is -1.62. The molecule has 4 nitrogen and oxygen atoms in total. The van der Waals surface area contributed by atoms with Gasteiger partial charge in [0.2, 0.25) is 0 Å². The number of nitrogens with zero attached hydrogens (tertiary/aromatic N) is 2. The Morgan fingerprint density at radius 3 is 2.63 bits per heavy atom. The Labute approximate surface area is 118 Å². The van der Waals surface area contributed by atoms with Crippen LogP contribution in [0.1, 0.15) is 29.4 Å². The van der Waals surface area contributed by atoms with Crippen LogP contribution in [0.25, 0.3) is 0 Å². The van der Waals surface area contributed by atoms with E-state index in [9.17, 15) is 0 Å². The van der Waals surface area contributed by atoms with Crippen molar-refractivity contribution in [1.29, 1.82) is 0 Å². The number of aryl methyl sites for hydroxylation is 2. The lowest BCUT2D eigenvalue weighted by molar-refractivity contribution is 0.285. The molecule has 2 aromatic rings. The van der Waals surface area contributed by atoms with Crippen molar-refractivity contribution in [3.05, 3.63) is 39.4 Å². The summed E-state index contributed by atoms with van der Waals surface area (Å²) in [6.07, 6.45) is 0. The fourth-order valence-corrected chi connectivity index (χ4v) is 2.35. The molecule has 1 aromatic heterocycles. The molecule has 0 saturated carbocycles. The van der Waals surface area contributed by atoms with Gasteiger partial charge < -0.3 is 9.30 Å². The van der Waals surface area contributed by atoms with Crippen LogP contribution < -0.4 is 4.74 Å². The van der Waals surface area contributed by atoms with E-state index in [2.05, 4.69) is 43.1 Å². The van der Waals surface area contributed by atoms with Crippen LogP contribution in [0.3, 0.4) is 0 Å². The molecular formula is C14H19N3OS. The minimum atomic E-state index is 0.423. The van der Waals surface area contributed by atoms with Crippen LogP contribution in [0.5, 0.6) is 5.75 Å². The maximum absolute atomic E-state index is 5.94. The number of H-pyrrole nitrogens is 1. The summed E-state index contributed by atoms with van der Waals surface area (Å²) in [5.74, 6) is 1.77. The van der Waals surface area contributed by atoms with E-state index in [1.54, 1.807) is 0 Å². The zero-order valence-electron chi connectivity index (χ0n) is 11.8. The molecule has 0 spiro atoms. The van der Waals surface area contributed by atoms with Gasteiger partial charge in [0.15, 0.2) is 10.6 Å². The summed E-state index contributed by atoms with van der Waals surface area (Å²) in [5.41, 5.74) is 3.55. The van der Waals surface area contributed by atoms with E-state index in [-0.39, 0.29) is 0 Å². The number of hydrogen-bond donors (Lipinski definition) is 1. The molecule has 0 aliphatic rings. The summed E-state index contributed by atoms with van der Waals surface area (Å²) in [5, 5.41) is 7.01. The first-order valence-corrected chi connectivity index (χ1v) is 6.79. The molecule has 102 valence electrons. The van der Waals surface area contributed by atoms with Crippen molar-refractivity contribution in [2.45, 2.75) is 40.8 Å². The molecule has 0 fully saturated rings. The quantitative estimate of drug-likeness (QED) is 0.870. The number of benzene rings is 1. The summed E-state index contributed by atoms with van der Waals surface area (Å²) >= 11 is 5.16. The second kappa shape index (κ2) is 5.57. The molecule has 0 aliphatic heterocycles. The van der Waals surface area contributed by atoms with E-state index >= 15 is 0 Å². The first-order chi connectivity index (χ1) is 9.04. The van der Waals surface area contributed by atoms with Crippen LogP contribution in [0.4, 0.5) is 0 Å². The second-order valence-corrected chi connectivity index (χ2v) is 5.02. The predicted octanol–water partition coefficient (Wildman–Crippen LogP) is 3.46. The first kappa shape index (κ1) is 13.8. The lowest BCUT2D eigenvalue weighted by Crippen LogP contribution is -2.07. The summed E-state index contributed by atoms with van der Waals surface area (Å²) in [6, 6.07) is 4.19. The van der Waals surface area contributed by atoms with Crippen molar-refractivity contribution in [1.82, 2.24) is 14.8 Å². The smallest absolute Gasteiger partial charge is 0.195 e.